The lowest BCUT2D eigenvalue weighted by atomic mass is 10.2. The first-order valence-electron chi connectivity index (χ1n) is 5.61. The van der Waals surface area contributed by atoms with Crippen LogP contribution in [0.3, 0.4) is 0 Å². The van der Waals surface area contributed by atoms with Crippen LogP contribution < -0.4 is 5.56 Å². The number of hydrogen-bond acceptors (Lipinski definition) is 4. The Hall–Kier alpha value is -1.57. The van der Waals surface area contributed by atoms with Crippen LogP contribution in [0.15, 0.2) is 45.0 Å². The topological polar surface area (TPSA) is 54.9 Å². The number of rotatable bonds is 1. The lowest BCUT2D eigenvalue weighted by molar-refractivity contribution is 0.0957. The SMILES string of the molecule is O=C(c1cccs1)n1c(=S)[nH]c2ccc(Br)cc2c1=O. The van der Waals surface area contributed by atoms with Crippen molar-refractivity contribution in [2.45, 2.75) is 0 Å². The number of carbonyl (C=O) groups excluding carboxylic acids is 1. The highest BCUT2D eigenvalue weighted by molar-refractivity contribution is 9.10. The number of halogens is 1. The average molecular weight is 367 g/mol. The Labute approximate surface area is 130 Å². The Balaban J connectivity index is 2.34. The van der Waals surface area contributed by atoms with E-state index in [4.69, 9.17) is 12.2 Å². The molecule has 0 bridgehead atoms. The van der Waals surface area contributed by atoms with Crippen molar-refractivity contribution in [3.05, 3.63) is 60.2 Å². The molecule has 0 saturated carbocycles. The Morgan fingerprint density at radius 2 is 2.15 bits per heavy atom. The van der Waals surface area contributed by atoms with E-state index in [2.05, 4.69) is 20.9 Å². The van der Waals surface area contributed by atoms with Gasteiger partial charge in [-0.25, -0.2) is 4.57 Å². The van der Waals surface area contributed by atoms with Gasteiger partial charge in [-0.05, 0) is 41.9 Å². The maximum Gasteiger partial charge on any atom is 0.277 e. The number of fused-ring (bicyclic) bond motifs is 1. The fraction of sp³-hybridized carbons (Fsp3) is 0. The Bertz CT molecular complexity index is 926. The molecule has 1 aromatic carbocycles. The molecule has 4 nitrogen and oxygen atoms in total. The van der Waals surface area contributed by atoms with Gasteiger partial charge in [0.25, 0.3) is 11.5 Å². The van der Waals surface area contributed by atoms with Crippen LogP contribution in [0, 0.1) is 4.77 Å². The molecular formula is C13H7BrN2O2S2. The van der Waals surface area contributed by atoms with Crippen LogP contribution in [0.5, 0.6) is 0 Å². The largest absolute Gasteiger partial charge is 0.331 e. The summed E-state index contributed by atoms with van der Waals surface area (Å²) in [5, 5.41) is 2.20. The molecule has 0 radical (unpaired) electrons. The summed E-state index contributed by atoms with van der Waals surface area (Å²) >= 11 is 9.72. The van der Waals surface area contributed by atoms with E-state index in [0.717, 1.165) is 9.04 Å². The van der Waals surface area contributed by atoms with E-state index >= 15 is 0 Å². The van der Waals surface area contributed by atoms with Gasteiger partial charge in [0.05, 0.1) is 15.8 Å². The first kappa shape index (κ1) is 13.4. The van der Waals surface area contributed by atoms with Crippen molar-refractivity contribution in [2.24, 2.45) is 0 Å². The monoisotopic (exact) mass is 366 g/mol. The summed E-state index contributed by atoms with van der Waals surface area (Å²) in [6.07, 6.45) is 0. The third-order valence-electron chi connectivity index (χ3n) is 2.79. The molecule has 0 amide bonds. The molecule has 7 heteroatoms. The Morgan fingerprint density at radius 1 is 1.35 bits per heavy atom. The zero-order chi connectivity index (χ0) is 14.3. The quantitative estimate of drug-likeness (QED) is 0.669. The van der Waals surface area contributed by atoms with Crippen molar-refractivity contribution >= 4 is 56.3 Å². The van der Waals surface area contributed by atoms with Crippen molar-refractivity contribution in [3.8, 4) is 0 Å². The zero-order valence-electron chi connectivity index (χ0n) is 9.92. The fourth-order valence-electron chi connectivity index (χ4n) is 1.88. The number of nitrogens with zero attached hydrogens (tertiary/aromatic N) is 1. The van der Waals surface area contributed by atoms with E-state index in [1.54, 1.807) is 35.7 Å². The molecule has 20 heavy (non-hydrogen) atoms. The van der Waals surface area contributed by atoms with Gasteiger partial charge >= 0.3 is 0 Å². The second kappa shape index (κ2) is 5.08. The summed E-state index contributed by atoms with van der Waals surface area (Å²) in [5.41, 5.74) is 0.196. The van der Waals surface area contributed by atoms with Gasteiger partial charge in [0, 0.05) is 4.47 Å². The Kier molecular flexibility index (Phi) is 3.41. The minimum Gasteiger partial charge on any atom is -0.331 e. The van der Waals surface area contributed by atoms with Crippen molar-refractivity contribution in [3.63, 3.8) is 0 Å². The molecule has 100 valence electrons. The standard InChI is InChI=1S/C13H7BrN2O2S2/c14-7-3-4-9-8(6-7)11(17)16(13(19)15-9)12(18)10-2-1-5-20-10/h1-6H,(H,15,19). The second-order valence-corrected chi connectivity index (χ2v) is 6.29. The zero-order valence-corrected chi connectivity index (χ0v) is 13.1. The lowest BCUT2D eigenvalue weighted by Gasteiger charge is -2.05. The van der Waals surface area contributed by atoms with Gasteiger partial charge in [-0.15, -0.1) is 11.3 Å². The summed E-state index contributed by atoms with van der Waals surface area (Å²) < 4.78 is 1.86. The third kappa shape index (κ3) is 2.17. The van der Waals surface area contributed by atoms with E-state index in [1.165, 1.54) is 11.3 Å². The number of thiophene rings is 1. The summed E-state index contributed by atoms with van der Waals surface area (Å²) in [4.78, 5) is 28.2. The van der Waals surface area contributed by atoms with Crippen LogP contribution in [-0.4, -0.2) is 15.5 Å². The first-order valence-corrected chi connectivity index (χ1v) is 7.69. The summed E-state index contributed by atoms with van der Waals surface area (Å²) in [6, 6.07) is 8.64. The van der Waals surface area contributed by atoms with E-state index in [-0.39, 0.29) is 4.77 Å². The molecule has 0 unspecified atom stereocenters. The van der Waals surface area contributed by atoms with Gasteiger partial charge in [0.2, 0.25) is 0 Å². The summed E-state index contributed by atoms with van der Waals surface area (Å²) in [7, 11) is 0. The predicted octanol–water partition coefficient (Wildman–Crippen LogP) is 3.57. The summed E-state index contributed by atoms with van der Waals surface area (Å²) in [6.45, 7) is 0. The first-order chi connectivity index (χ1) is 9.58. The lowest BCUT2D eigenvalue weighted by Crippen LogP contribution is -2.28. The number of H-pyrrole nitrogens is 1. The van der Waals surface area contributed by atoms with Crippen molar-refractivity contribution < 1.29 is 4.79 Å². The highest BCUT2D eigenvalue weighted by Crippen LogP contribution is 2.16. The molecule has 0 fully saturated rings. The van der Waals surface area contributed by atoms with Gasteiger partial charge in [-0.2, -0.15) is 0 Å². The number of aromatic nitrogens is 2. The number of nitrogens with one attached hydrogen (secondary N) is 1. The number of hydrogen-bond donors (Lipinski definition) is 1. The molecule has 1 N–H and O–H groups in total. The smallest absolute Gasteiger partial charge is 0.277 e. The van der Waals surface area contributed by atoms with E-state index in [9.17, 15) is 9.59 Å². The second-order valence-electron chi connectivity index (χ2n) is 4.04. The molecule has 2 heterocycles. The van der Waals surface area contributed by atoms with Gasteiger partial charge in [0.15, 0.2) is 4.77 Å². The predicted molar refractivity (Wildman–Crippen MR) is 85.1 cm³/mol. The van der Waals surface area contributed by atoms with Gasteiger partial charge in [0.1, 0.15) is 0 Å². The minimum atomic E-state index is -0.413. The highest BCUT2D eigenvalue weighted by atomic mass is 79.9. The van der Waals surface area contributed by atoms with Crippen LogP contribution in [0.25, 0.3) is 10.9 Å². The molecule has 0 aliphatic carbocycles. The maximum atomic E-state index is 12.5. The van der Waals surface area contributed by atoms with Crippen molar-refractivity contribution in [1.29, 1.82) is 0 Å². The van der Waals surface area contributed by atoms with Crippen LogP contribution in [0.2, 0.25) is 0 Å². The normalized spacial score (nSPS) is 10.8. The van der Waals surface area contributed by atoms with Crippen LogP contribution in [0.1, 0.15) is 9.67 Å². The van der Waals surface area contributed by atoms with Gasteiger partial charge < -0.3 is 4.98 Å². The van der Waals surface area contributed by atoms with Crippen molar-refractivity contribution in [1.82, 2.24) is 9.55 Å². The van der Waals surface area contributed by atoms with Gasteiger partial charge in [-0.3, -0.25) is 9.59 Å². The number of benzene rings is 1. The molecule has 0 aliphatic heterocycles. The van der Waals surface area contributed by atoms with Crippen LogP contribution in [-0.2, 0) is 0 Å². The number of aromatic amines is 1. The summed E-state index contributed by atoms with van der Waals surface area (Å²) in [5.74, 6) is -0.409. The maximum absolute atomic E-state index is 12.5. The van der Waals surface area contributed by atoms with E-state index in [0.29, 0.717) is 15.8 Å². The molecule has 3 aromatic rings. The molecular weight excluding hydrogens is 360 g/mol. The molecule has 2 aromatic heterocycles. The Morgan fingerprint density at radius 3 is 2.85 bits per heavy atom. The average Bonchev–Trinajstić information content (AvgIpc) is 2.93. The molecule has 0 saturated heterocycles. The minimum absolute atomic E-state index is 0.100. The number of carbonyl (C=O) groups is 1. The van der Waals surface area contributed by atoms with Crippen molar-refractivity contribution in [2.75, 3.05) is 0 Å². The molecule has 0 aliphatic rings. The molecule has 3 rings (SSSR count). The van der Waals surface area contributed by atoms with E-state index in [1.807, 2.05) is 0 Å². The van der Waals surface area contributed by atoms with E-state index < -0.39 is 11.5 Å². The van der Waals surface area contributed by atoms with Crippen LogP contribution in [0.4, 0.5) is 0 Å². The highest BCUT2D eigenvalue weighted by Gasteiger charge is 2.15. The molecule has 0 spiro atoms. The molecule has 0 atom stereocenters. The van der Waals surface area contributed by atoms with Crippen LogP contribution >= 0.6 is 39.5 Å². The van der Waals surface area contributed by atoms with Gasteiger partial charge in [-0.1, -0.05) is 22.0 Å². The fourth-order valence-corrected chi connectivity index (χ4v) is 3.17. The third-order valence-corrected chi connectivity index (χ3v) is 4.43.